The lowest BCUT2D eigenvalue weighted by atomic mass is 10.2. The van der Waals surface area contributed by atoms with E-state index in [1.165, 1.54) is 5.56 Å². The highest BCUT2D eigenvalue weighted by molar-refractivity contribution is 5.89. The number of hydrogen-bond donors (Lipinski definition) is 0. The normalized spacial score (nSPS) is 11.0. The first-order chi connectivity index (χ1) is 11.5. The summed E-state index contributed by atoms with van der Waals surface area (Å²) in [4.78, 5) is 16.3. The molecule has 0 atom stereocenters. The maximum absolute atomic E-state index is 11.8. The van der Waals surface area contributed by atoms with Gasteiger partial charge in [0.25, 0.3) is 0 Å². The van der Waals surface area contributed by atoms with Crippen molar-refractivity contribution in [1.82, 2.24) is 9.38 Å². The van der Waals surface area contributed by atoms with Gasteiger partial charge in [0, 0.05) is 12.4 Å². The number of aromatic nitrogens is 2. The molecular formula is C19H20N2O3. The second-order valence-electron chi connectivity index (χ2n) is 5.97. The minimum absolute atomic E-state index is 0.132. The molecular weight excluding hydrogens is 304 g/mol. The predicted octanol–water partition coefficient (Wildman–Crippen LogP) is 3.79. The van der Waals surface area contributed by atoms with Gasteiger partial charge in [-0.3, -0.25) is 0 Å². The van der Waals surface area contributed by atoms with Crippen molar-refractivity contribution in [2.24, 2.45) is 0 Å². The van der Waals surface area contributed by atoms with E-state index in [4.69, 9.17) is 9.47 Å². The van der Waals surface area contributed by atoms with Crippen molar-refractivity contribution in [3.63, 3.8) is 0 Å². The van der Waals surface area contributed by atoms with Crippen LogP contribution < -0.4 is 4.74 Å². The molecule has 0 N–H and O–H groups in total. The molecule has 124 valence electrons. The Balaban J connectivity index is 1.64. The van der Waals surface area contributed by atoms with Crippen molar-refractivity contribution >= 4 is 11.6 Å². The number of fused-ring (bicyclic) bond motifs is 1. The van der Waals surface area contributed by atoms with E-state index in [-0.39, 0.29) is 12.1 Å². The van der Waals surface area contributed by atoms with Crippen LogP contribution in [-0.4, -0.2) is 21.5 Å². The van der Waals surface area contributed by atoms with Crippen molar-refractivity contribution in [2.75, 3.05) is 0 Å². The fourth-order valence-electron chi connectivity index (χ4n) is 2.35. The average molecular weight is 324 g/mol. The quantitative estimate of drug-likeness (QED) is 0.670. The number of pyridine rings is 1. The standard InChI is InChI=1S/C19H20N2O3/c1-13(2)24-19(22)15-5-7-17(8-6-15)23-12-16-11-21-10-14(3)4-9-18(21)20-16/h4-11,13H,12H2,1-3H3. The summed E-state index contributed by atoms with van der Waals surface area (Å²) in [6, 6.07) is 10.9. The number of imidazole rings is 1. The van der Waals surface area contributed by atoms with Crippen molar-refractivity contribution in [3.05, 3.63) is 65.6 Å². The third-order valence-electron chi connectivity index (χ3n) is 3.47. The lowest BCUT2D eigenvalue weighted by Crippen LogP contribution is -2.11. The SMILES string of the molecule is Cc1ccc2nc(COc3ccc(C(=O)OC(C)C)cc3)cn2c1. The van der Waals surface area contributed by atoms with Crippen LogP contribution in [0.3, 0.4) is 0 Å². The molecule has 5 heteroatoms. The number of carbonyl (C=O) groups is 1. The number of aryl methyl sites for hydroxylation is 1. The van der Waals surface area contributed by atoms with Gasteiger partial charge in [-0.25, -0.2) is 9.78 Å². The molecule has 3 aromatic rings. The van der Waals surface area contributed by atoms with Gasteiger partial charge in [-0.2, -0.15) is 0 Å². The van der Waals surface area contributed by atoms with Gasteiger partial charge < -0.3 is 13.9 Å². The molecule has 0 saturated carbocycles. The van der Waals surface area contributed by atoms with Crippen molar-refractivity contribution in [3.8, 4) is 5.75 Å². The summed E-state index contributed by atoms with van der Waals surface area (Å²) in [5, 5.41) is 0. The Kier molecular flexibility index (Phi) is 4.51. The Bertz CT molecular complexity index is 851. The number of ether oxygens (including phenoxy) is 2. The minimum atomic E-state index is -0.327. The van der Waals surface area contributed by atoms with Gasteiger partial charge in [0.1, 0.15) is 18.0 Å². The number of esters is 1. The highest BCUT2D eigenvalue weighted by Crippen LogP contribution is 2.16. The second-order valence-corrected chi connectivity index (χ2v) is 5.97. The summed E-state index contributed by atoms with van der Waals surface area (Å²) in [6.45, 7) is 6.06. The van der Waals surface area contributed by atoms with Gasteiger partial charge in [-0.15, -0.1) is 0 Å². The van der Waals surface area contributed by atoms with Crippen LogP contribution in [-0.2, 0) is 11.3 Å². The lowest BCUT2D eigenvalue weighted by Gasteiger charge is -2.08. The average Bonchev–Trinajstić information content (AvgIpc) is 2.94. The molecule has 1 aromatic carbocycles. The molecule has 0 spiro atoms. The maximum atomic E-state index is 11.8. The van der Waals surface area contributed by atoms with Gasteiger partial charge in [-0.05, 0) is 56.7 Å². The Morgan fingerprint density at radius 3 is 2.58 bits per heavy atom. The minimum Gasteiger partial charge on any atom is -0.487 e. The Morgan fingerprint density at radius 2 is 1.88 bits per heavy atom. The van der Waals surface area contributed by atoms with E-state index >= 15 is 0 Å². The molecule has 2 heterocycles. The highest BCUT2D eigenvalue weighted by atomic mass is 16.5. The summed E-state index contributed by atoms with van der Waals surface area (Å²) < 4.78 is 12.9. The summed E-state index contributed by atoms with van der Waals surface area (Å²) in [5.74, 6) is 0.358. The fraction of sp³-hybridized carbons (Fsp3) is 0.263. The van der Waals surface area contributed by atoms with Crippen molar-refractivity contribution < 1.29 is 14.3 Å². The van der Waals surface area contributed by atoms with E-state index in [1.54, 1.807) is 24.3 Å². The predicted molar refractivity (Wildman–Crippen MR) is 91.3 cm³/mol. The first-order valence-corrected chi connectivity index (χ1v) is 7.89. The second kappa shape index (κ2) is 6.74. The molecule has 24 heavy (non-hydrogen) atoms. The van der Waals surface area contributed by atoms with Gasteiger partial charge in [0.15, 0.2) is 0 Å². The van der Waals surface area contributed by atoms with Crippen molar-refractivity contribution in [1.29, 1.82) is 0 Å². The molecule has 5 nitrogen and oxygen atoms in total. The zero-order valence-corrected chi connectivity index (χ0v) is 14.0. The number of rotatable bonds is 5. The van der Waals surface area contributed by atoms with E-state index < -0.39 is 0 Å². The molecule has 0 fully saturated rings. The van der Waals surface area contributed by atoms with Gasteiger partial charge in [0.05, 0.1) is 17.4 Å². The highest BCUT2D eigenvalue weighted by Gasteiger charge is 2.09. The zero-order valence-electron chi connectivity index (χ0n) is 14.0. The molecule has 0 aliphatic rings. The smallest absolute Gasteiger partial charge is 0.338 e. The molecule has 0 bridgehead atoms. The zero-order chi connectivity index (χ0) is 17.1. The summed E-state index contributed by atoms with van der Waals surface area (Å²) in [6.07, 6.45) is 3.85. The third-order valence-corrected chi connectivity index (χ3v) is 3.47. The van der Waals surface area contributed by atoms with Crippen LogP contribution in [0.4, 0.5) is 0 Å². The van der Waals surface area contributed by atoms with Crippen molar-refractivity contribution in [2.45, 2.75) is 33.5 Å². The molecule has 0 saturated heterocycles. The van der Waals surface area contributed by atoms with Gasteiger partial charge in [0.2, 0.25) is 0 Å². The monoisotopic (exact) mass is 324 g/mol. The van der Waals surface area contributed by atoms with E-state index in [0.717, 1.165) is 11.3 Å². The summed E-state index contributed by atoms with van der Waals surface area (Å²) in [5.41, 5.74) is 3.44. The van der Waals surface area contributed by atoms with Gasteiger partial charge in [-0.1, -0.05) is 6.07 Å². The van der Waals surface area contributed by atoms with Crippen LogP contribution in [0.2, 0.25) is 0 Å². The van der Waals surface area contributed by atoms with E-state index in [0.29, 0.717) is 17.9 Å². The van der Waals surface area contributed by atoms with Crippen LogP contribution in [0.25, 0.3) is 5.65 Å². The maximum Gasteiger partial charge on any atom is 0.338 e. The number of nitrogens with zero attached hydrogens (tertiary/aromatic N) is 2. The summed E-state index contributed by atoms with van der Waals surface area (Å²) >= 11 is 0. The number of benzene rings is 1. The molecule has 3 rings (SSSR count). The topological polar surface area (TPSA) is 52.8 Å². The first-order valence-electron chi connectivity index (χ1n) is 7.89. The van der Waals surface area contributed by atoms with Crippen LogP contribution in [0, 0.1) is 6.92 Å². The summed E-state index contributed by atoms with van der Waals surface area (Å²) in [7, 11) is 0. The van der Waals surface area contributed by atoms with E-state index in [2.05, 4.69) is 4.98 Å². The lowest BCUT2D eigenvalue weighted by molar-refractivity contribution is 0.0378. The molecule has 0 amide bonds. The molecule has 0 aliphatic carbocycles. The fourth-order valence-corrected chi connectivity index (χ4v) is 2.35. The molecule has 2 aromatic heterocycles. The number of carbonyl (C=O) groups excluding carboxylic acids is 1. The molecule has 0 radical (unpaired) electrons. The van der Waals surface area contributed by atoms with Gasteiger partial charge >= 0.3 is 5.97 Å². The largest absolute Gasteiger partial charge is 0.487 e. The Labute approximate surface area is 140 Å². The van der Waals surface area contributed by atoms with Crippen LogP contribution in [0.1, 0.15) is 35.5 Å². The third kappa shape index (κ3) is 3.74. The van der Waals surface area contributed by atoms with E-state index in [9.17, 15) is 4.79 Å². The molecule has 0 aliphatic heterocycles. The van der Waals surface area contributed by atoms with Crippen LogP contribution >= 0.6 is 0 Å². The Morgan fingerprint density at radius 1 is 1.12 bits per heavy atom. The van der Waals surface area contributed by atoms with Crippen LogP contribution in [0.5, 0.6) is 5.75 Å². The molecule has 0 unspecified atom stereocenters. The Hall–Kier alpha value is -2.82. The van der Waals surface area contributed by atoms with Crippen LogP contribution in [0.15, 0.2) is 48.8 Å². The first kappa shape index (κ1) is 16.1. The number of hydrogen-bond acceptors (Lipinski definition) is 4. The van der Waals surface area contributed by atoms with E-state index in [1.807, 2.05) is 49.7 Å².